The Morgan fingerprint density at radius 1 is 0.964 bits per heavy atom. The SMILES string of the molecule is CC[C@@H](C)Nc1nc(Nc2ccc(C(C)C)c(C)c2)cc(-c2ccncc2)n1. The van der Waals surface area contributed by atoms with E-state index < -0.39 is 0 Å². The van der Waals surface area contributed by atoms with Crippen LogP contribution in [0.1, 0.15) is 51.2 Å². The molecule has 2 heterocycles. The Labute approximate surface area is 167 Å². The molecule has 0 fully saturated rings. The monoisotopic (exact) mass is 375 g/mol. The molecule has 0 radical (unpaired) electrons. The topological polar surface area (TPSA) is 62.7 Å². The van der Waals surface area contributed by atoms with Crippen molar-refractivity contribution in [2.45, 2.75) is 53.0 Å². The van der Waals surface area contributed by atoms with Gasteiger partial charge in [-0.2, -0.15) is 4.98 Å². The summed E-state index contributed by atoms with van der Waals surface area (Å²) in [6.07, 6.45) is 4.56. The number of pyridine rings is 1. The van der Waals surface area contributed by atoms with Crippen LogP contribution in [0.2, 0.25) is 0 Å². The molecule has 28 heavy (non-hydrogen) atoms. The molecule has 0 saturated carbocycles. The summed E-state index contributed by atoms with van der Waals surface area (Å²) < 4.78 is 0. The molecule has 1 aromatic carbocycles. The normalized spacial score (nSPS) is 12.1. The molecule has 2 aromatic heterocycles. The first-order valence-electron chi connectivity index (χ1n) is 9.89. The molecular weight excluding hydrogens is 346 g/mol. The van der Waals surface area contributed by atoms with Gasteiger partial charge in [0.2, 0.25) is 5.95 Å². The Bertz CT molecular complexity index is 922. The van der Waals surface area contributed by atoms with Gasteiger partial charge in [-0.3, -0.25) is 4.98 Å². The van der Waals surface area contributed by atoms with Gasteiger partial charge in [0.25, 0.3) is 0 Å². The van der Waals surface area contributed by atoms with Crippen molar-refractivity contribution < 1.29 is 0 Å². The number of hydrogen-bond donors (Lipinski definition) is 2. The molecule has 0 saturated heterocycles. The summed E-state index contributed by atoms with van der Waals surface area (Å²) in [4.78, 5) is 13.5. The zero-order chi connectivity index (χ0) is 20.1. The lowest BCUT2D eigenvalue weighted by Gasteiger charge is -2.16. The number of benzene rings is 1. The molecule has 0 amide bonds. The first kappa shape index (κ1) is 19.8. The Morgan fingerprint density at radius 2 is 1.71 bits per heavy atom. The second-order valence-electron chi connectivity index (χ2n) is 7.50. The van der Waals surface area contributed by atoms with E-state index in [9.17, 15) is 0 Å². The maximum Gasteiger partial charge on any atom is 0.225 e. The second kappa shape index (κ2) is 8.83. The smallest absolute Gasteiger partial charge is 0.225 e. The maximum absolute atomic E-state index is 4.70. The summed E-state index contributed by atoms with van der Waals surface area (Å²) in [5.74, 6) is 1.91. The third kappa shape index (κ3) is 4.85. The molecule has 0 aliphatic heterocycles. The lowest BCUT2D eigenvalue weighted by atomic mass is 9.98. The third-order valence-corrected chi connectivity index (χ3v) is 4.85. The van der Waals surface area contributed by atoms with E-state index in [0.717, 1.165) is 29.2 Å². The first-order valence-corrected chi connectivity index (χ1v) is 9.89. The van der Waals surface area contributed by atoms with Crippen molar-refractivity contribution in [3.8, 4) is 11.3 Å². The highest BCUT2D eigenvalue weighted by molar-refractivity contribution is 5.67. The van der Waals surface area contributed by atoms with Gasteiger partial charge < -0.3 is 10.6 Å². The average molecular weight is 376 g/mol. The van der Waals surface area contributed by atoms with Crippen molar-refractivity contribution in [1.29, 1.82) is 0 Å². The summed E-state index contributed by atoms with van der Waals surface area (Å²) in [5.41, 5.74) is 5.54. The summed E-state index contributed by atoms with van der Waals surface area (Å²) in [6, 6.07) is 12.7. The van der Waals surface area contributed by atoms with Crippen LogP contribution in [-0.4, -0.2) is 21.0 Å². The van der Waals surface area contributed by atoms with Crippen LogP contribution >= 0.6 is 0 Å². The van der Waals surface area contributed by atoms with Crippen molar-refractivity contribution in [2.24, 2.45) is 0 Å². The highest BCUT2D eigenvalue weighted by Gasteiger charge is 2.10. The van der Waals surface area contributed by atoms with E-state index >= 15 is 0 Å². The minimum atomic E-state index is 0.299. The Hall–Kier alpha value is -2.95. The van der Waals surface area contributed by atoms with Crippen LogP contribution in [0, 0.1) is 6.92 Å². The molecule has 0 aliphatic rings. The number of aromatic nitrogens is 3. The summed E-state index contributed by atoms with van der Waals surface area (Å²) in [6.45, 7) is 10.9. The Kier molecular flexibility index (Phi) is 6.24. The number of aryl methyl sites for hydroxylation is 1. The van der Waals surface area contributed by atoms with Crippen LogP contribution in [0.15, 0.2) is 48.8 Å². The van der Waals surface area contributed by atoms with Crippen LogP contribution in [-0.2, 0) is 0 Å². The molecule has 146 valence electrons. The molecule has 0 aliphatic carbocycles. The van der Waals surface area contributed by atoms with Gasteiger partial charge in [0.1, 0.15) is 5.82 Å². The quantitative estimate of drug-likeness (QED) is 0.536. The second-order valence-corrected chi connectivity index (χ2v) is 7.50. The molecule has 3 rings (SSSR count). The largest absolute Gasteiger partial charge is 0.352 e. The fraction of sp³-hybridized carbons (Fsp3) is 0.348. The minimum Gasteiger partial charge on any atom is -0.352 e. The number of nitrogens with zero attached hydrogens (tertiary/aromatic N) is 3. The maximum atomic E-state index is 4.70. The third-order valence-electron chi connectivity index (χ3n) is 4.85. The zero-order valence-corrected chi connectivity index (χ0v) is 17.3. The van der Waals surface area contributed by atoms with Gasteiger partial charge in [-0.15, -0.1) is 0 Å². The first-order chi connectivity index (χ1) is 13.5. The summed E-state index contributed by atoms with van der Waals surface area (Å²) in [7, 11) is 0. The zero-order valence-electron chi connectivity index (χ0n) is 17.3. The van der Waals surface area contributed by atoms with Gasteiger partial charge in [-0.05, 0) is 61.6 Å². The summed E-state index contributed by atoms with van der Waals surface area (Å²) in [5, 5.41) is 6.83. The Balaban J connectivity index is 1.95. The van der Waals surface area contributed by atoms with Crippen molar-refractivity contribution >= 4 is 17.5 Å². The minimum absolute atomic E-state index is 0.299. The lowest BCUT2D eigenvalue weighted by Crippen LogP contribution is -2.16. The van der Waals surface area contributed by atoms with Crippen LogP contribution in [0.5, 0.6) is 0 Å². The predicted molar refractivity (Wildman–Crippen MR) is 117 cm³/mol. The van der Waals surface area contributed by atoms with Crippen LogP contribution in [0.3, 0.4) is 0 Å². The van der Waals surface area contributed by atoms with Gasteiger partial charge in [-0.25, -0.2) is 4.98 Å². The molecule has 5 heteroatoms. The average Bonchev–Trinajstić information content (AvgIpc) is 2.68. The van der Waals surface area contributed by atoms with Crippen molar-refractivity contribution in [3.63, 3.8) is 0 Å². The van der Waals surface area contributed by atoms with Gasteiger partial charge in [0, 0.05) is 35.8 Å². The number of rotatable bonds is 7. The van der Waals surface area contributed by atoms with Crippen molar-refractivity contribution in [2.75, 3.05) is 10.6 Å². The van der Waals surface area contributed by atoms with E-state index in [1.807, 2.05) is 18.2 Å². The molecular formula is C23H29N5. The number of nitrogens with one attached hydrogen (secondary N) is 2. The molecule has 0 unspecified atom stereocenters. The van der Waals surface area contributed by atoms with E-state index in [0.29, 0.717) is 17.9 Å². The van der Waals surface area contributed by atoms with E-state index in [-0.39, 0.29) is 0 Å². The summed E-state index contributed by atoms with van der Waals surface area (Å²) >= 11 is 0. The van der Waals surface area contributed by atoms with E-state index in [4.69, 9.17) is 4.98 Å². The highest BCUT2D eigenvalue weighted by atomic mass is 15.2. The van der Waals surface area contributed by atoms with Gasteiger partial charge in [0.05, 0.1) is 5.69 Å². The van der Waals surface area contributed by atoms with E-state index in [1.165, 1.54) is 11.1 Å². The number of anilines is 3. The standard InChI is InChI=1S/C23H29N5/c1-6-17(5)25-23-27-21(18-9-11-24-12-10-18)14-22(28-23)26-19-7-8-20(15(2)3)16(4)13-19/h7-15,17H,6H2,1-5H3,(H2,25,26,27,28)/t17-/m1/s1. The van der Waals surface area contributed by atoms with Crippen molar-refractivity contribution in [3.05, 3.63) is 59.9 Å². The molecule has 1 atom stereocenters. The molecule has 0 spiro atoms. The van der Waals surface area contributed by atoms with Gasteiger partial charge >= 0.3 is 0 Å². The van der Waals surface area contributed by atoms with Crippen LogP contribution in [0.25, 0.3) is 11.3 Å². The van der Waals surface area contributed by atoms with Crippen LogP contribution < -0.4 is 10.6 Å². The molecule has 0 bridgehead atoms. The highest BCUT2D eigenvalue weighted by Crippen LogP contribution is 2.26. The van der Waals surface area contributed by atoms with E-state index in [2.05, 4.69) is 73.4 Å². The molecule has 5 nitrogen and oxygen atoms in total. The van der Waals surface area contributed by atoms with Crippen molar-refractivity contribution in [1.82, 2.24) is 15.0 Å². The molecule has 3 aromatic rings. The van der Waals surface area contributed by atoms with Gasteiger partial charge in [0.15, 0.2) is 0 Å². The fourth-order valence-electron chi connectivity index (χ4n) is 3.12. The molecule has 2 N–H and O–H groups in total. The van der Waals surface area contributed by atoms with Crippen LogP contribution in [0.4, 0.5) is 17.5 Å². The van der Waals surface area contributed by atoms with E-state index in [1.54, 1.807) is 12.4 Å². The predicted octanol–water partition coefficient (Wildman–Crippen LogP) is 5.92. The fourth-order valence-corrected chi connectivity index (χ4v) is 3.12. The number of hydrogen-bond acceptors (Lipinski definition) is 5. The lowest BCUT2D eigenvalue weighted by molar-refractivity contribution is 0.753. The van der Waals surface area contributed by atoms with Gasteiger partial charge in [-0.1, -0.05) is 26.8 Å². The Morgan fingerprint density at radius 3 is 2.36 bits per heavy atom.